The van der Waals surface area contributed by atoms with Crippen molar-refractivity contribution >= 4 is 23.9 Å². The van der Waals surface area contributed by atoms with Gasteiger partial charge in [0.15, 0.2) is 13.2 Å². The Hall–Kier alpha value is -3.15. The number of aryl methyl sites for hydroxylation is 1. The monoisotopic (exact) mass is 353 g/mol. The van der Waals surface area contributed by atoms with Crippen LogP contribution >= 0.6 is 0 Å². The number of ether oxygens (including phenoxy) is 2. The van der Waals surface area contributed by atoms with Gasteiger partial charge in [0.2, 0.25) is 0 Å². The molecule has 0 spiro atoms. The molecule has 0 saturated carbocycles. The van der Waals surface area contributed by atoms with Crippen LogP contribution in [0.4, 0.5) is 5.69 Å². The van der Waals surface area contributed by atoms with E-state index in [1.54, 1.807) is 29.2 Å². The second-order valence-corrected chi connectivity index (χ2v) is 5.91. The van der Waals surface area contributed by atoms with Crippen LogP contribution in [0.2, 0.25) is 0 Å². The Morgan fingerprint density at radius 3 is 2.58 bits per heavy atom. The Bertz CT molecular complexity index is 800. The first kappa shape index (κ1) is 17.7. The Morgan fingerprint density at radius 1 is 1.04 bits per heavy atom. The number of amides is 1. The van der Waals surface area contributed by atoms with Gasteiger partial charge in [0.1, 0.15) is 12.0 Å². The van der Waals surface area contributed by atoms with E-state index in [2.05, 4.69) is 0 Å². The van der Waals surface area contributed by atoms with Crippen LogP contribution in [-0.4, -0.2) is 37.9 Å². The summed E-state index contributed by atoms with van der Waals surface area (Å²) in [5.74, 6) is -0.423. The summed E-state index contributed by atoms with van der Waals surface area (Å²) in [4.78, 5) is 36.4. The van der Waals surface area contributed by atoms with Crippen LogP contribution in [0.25, 0.3) is 0 Å². The maximum atomic E-state index is 12.4. The predicted molar refractivity (Wildman–Crippen MR) is 95.4 cm³/mol. The molecule has 0 saturated heterocycles. The van der Waals surface area contributed by atoms with Gasteiger partial charge in [0, 0.05) is 17.8 Å². The first-order chi connectivity index (χ1) is 12.7. The van der Waals surface area contributed by atoms with Gasteiger partial charge >= 0.3 is 5.97 Å². The van der Waals surface area contributed by atoms with E-state index in [0.29, 0.717) is 17.9 Å². The second-order valence-electron chi connectivity index (χ2n) is 5.91. The number of rotatable bonds is 6. The van der Waals surface area contributed by atoms with Crippen LogP contribution in [0.1, 0.15) is 22.3 Å². The molecule has 0 radical (unpaired) electrons. The van der Waals surface area contributed by atoms with Crippen LogP contribution in [0.5, 0.6) is 5.75 Å². The quantitative estimate of drug-likeness (QED) is 0.589. The maximum Gasteiger partial charge on any atom is 0.344 e. The molecule has 0 fully saturated rings. The Balaban J connectivity index is 1.48. The molecule has 0 unspecified atom stereocenters. The molecule has 2 aromatic carbocycles. The molecule has 0 bridgehead atoms. The summed E-state index contributed by atoms with van der Waals surface area (Å²) in [6, 6.07) is 14.1. The first-order valence-electron chi connectivity index (χ1n) is 8.39. The van der Waals surface area contributed by atoms with E-state index in [1.165, 1.54) is 0 Å². The highest BCUT2D eigenvalue weighted by Gasteiger charge is 2.23. The molecule has 134 valence electrons. The van der Waals surface area contributed by atoms with E-state index in [9.17, 15) is 14.4 Å². The number of fused-ring (bicyclic) bond motifs is 1. The maximum absolute atomic E-state index is 12.4. The van der Waals surface area contributed by atoms with Gasteiger partial charge in [-0.05, 0) is 48.7 Å². The molecule has 3 rings (SSSR count). The van der Waals surface area contributed by atoms with Crippen LogP contribution < -0.4 is 9.64 Å². The van der Waals surface area contributed by atoms with Crippen molar-refractivity contribution in [3.05, 3.63) is 59.7 Å². The molecular weight excluding hydrogens is 334 g/mol. The van der Waals surface area contributed by atoms with Gasteiger partial charge in [-0.3, -0.25) is 9.59 Å². The fourth-order valence-corrected chi connectivity index (χ4v) is 2.84. The summed E-state index contributed by atoms with van der Waals surface area (Å²) in [6.07, 6.45) is 2.55. The molecule has 6 nitrogen and oxygen atoms in total. The molecular formula is C20H19NO5. The smallest absolute Gasteiger partial charge is 0.344 e. The topological polar surface area (TPSA) is 72.9 Å². The zero-order valence-electron chi connectivity index (χ0n) is 14.2. The van der Waals surface area contributed by atoms with Crippen molar-refractivity contribution in [3.63, 3.8) is 0 Å². The average molecular weight is 353 g/mol. The lowest BCUT2D eigenvalue weighted by molar-refractivity contribution is -0.149. The minimum absolute atomic E-state index is 0.249. The minimum Gasteiger partial charge on any atom is -0.482 e. The highest BCUT2D eigenvalue weighted by atomic mass is 16.6. The van der Waals surface area contributed by atoms with Gasteiger partial charge in [0.25, 0.3) is 5.91 Å². The van der Waals surface area contributed by atoms with E-state index < -0.39 is 5.97 Å². The molecule has 0 N–H and O–H groups in total. The summed E-state index contributed by atoms with van der Waals surface area (Å²) in [5.41, 5.74) is 2.53. The number of para-hydroxylation sites is 1. The minimum atomic E-state index is -0.622. The highest BCUT2D eigenvalue weighted by Crippen LogP contribution is 2.26. The molecule has 0 aromatic heterocycles. The predicted octanol–water partition coefficient (Wildman–Crippen LogP) is 2.40. The van der Waals surface area contributed by atoms with Gasteiger partial charge in [-0.1, -0.05) is 18.2 Å². The SMILES string of the molecule is O=Cc1ccc(OCC(=O)OCC(=O)N2CCCc3ccccc32)cc1. The number of benzene rings is 2. The van der Waals surface area contributed by atoms with E-state index in [0.717, 1.165) is 30.4 Å². The average Bonchev–Trinajstić information content (AvgIpc) is 2.70. The molecule has 1 aliphatic heterocycles. The zero-order chi connectivity index (χ0) is 18.4. The normalized spacial score (nSPS) is 12.8. The van der Waals surface area contributed by atoms with E-state index in [1.807, 2.05) is 24.3 Å². The van der Waals surface area contributed by atoms with E-state index in [-0.39, 0.29) is 19.1 Å². The van der Waals surface area contributed by atoms with Crippen molar-refractivity contribution in [3.8, 4) is 5.75 Å². The molecule has 0 atom stereocenters. The number of esters is 1. The number of carbonyl (C=O) groups is 3. The van der Waals surface area contributed by atoms with Crippen LogP contribution in [0.3, 0.4) is 0 Å². The van der Waals surface area contributed by atoms with Crippen LogP contribution in [-0.2, 0) is 20.7 Å². The zero-order valence-corrected chi connectivity index (χ0v) is 14.2. The first-order valence-corrected chi connectivity index (χ1v) is 8.39. The Kier molecular flexibility index (Phi) is 5.63. The Labute approximate surface area is 151 Å². The van der Waals surface area contributed by atoms with Crippen molar-refractivity contribution in [1.82, 2.24) is 0 Å². The van der Waals surface area contributed by atoms with Gasteiger partial charge in [-0.2, -0.15) is 0 Å². The molecule has 0 aliphatic carbocycles. The molecule has 2 aromatic rings. The van der Waals surface area contributed by atoms with E-state index >= 15 is 0 Å². The standard InChI is InChI=1S/C20H19NO5/c22-12-15-7-9-17(10-8-15)25-14-20(24)26-13-19(23)21-11-3-5-16-4-1-2-6-18(16)21/h1-2,4,6-10,12H,3,5,11,13-14H2. The van der Waals surface area contributed by atoms with Gasteiger partial charge in [-0.25, -0.2) is 4.79 Å². The van der Waals surface area contributed by atoms with Gasteiger partial charge < -0.3 is 14.4 Å². The number of nitrogens with zero attached hydrogens (tertiary/aromatic N) is 1. The van der Waals surface area contributed by atoms with Crippen molar-refractivity contribution in [2.45, 2.75) is 12.8 Å². The summed E-state index contributed by atoms with van der Waals surface area (Å²) >= 11 is 0. The molecule has 1 aliphatic rings. The van der Waals surface area contributed by atoms with E-state index in [4.69, 9.17) is 9.47 Å². The van der Waals surface area contributed by atoms with Crippen molar-refractivity contribution in [2.75, 3.05) is 24.7 Å². The number of anilines is 1. The number of hydrogen-bond acceptors (Lipinski definition) is 5. The fourth-order valence-electron chi connectivity index (χ4n) is 2.84. The van der Waals surface area contributed by atoms with Crippen molar-refractivity contribution in [1.29, 1.82) is 0 Å². The van der Waals surface area contributed by atoms with Crippen LogP contribution in [0.15, 0.2) is 48.5 Å². The highest BCUT2D eigenvalue weighted by molar-refractivity contribution is 5.96. The van der Waals surface area contributed by atoms with Crippen molar-refractivity contribution < 1.29 is 23.9 Å². The summed E-state index contributed by atoms with van der Waals surface area (Å²) < 4.78 is 10.3. The molecule has 1 amide bonds. The number of carbonyl (C=O) groups excluding carboxylic acids is 3. The second kappa shape index (κ2) is 8.29. The molecule has 6 heteroatoms. The third-order valence-electron chi connectivity index (χ3n) is 4.14. The lowest BCUT2D eigenvalue weighted by Crippen LogP contribution is -2.38. The molecule has 26 heavy (non-hydrogen) atoms. The third kappa shape index (κ3) is 4.27. The lowest BCUT2D eigenvalue weighted by atomic mass is 10.0. The fraction of sp³-hybridized carbons (Fsp3) is 0.250. The Morgan fingerprint density at radius 2 is 1.81 bits per heavy atom. The number of hydrogen-bond donors (Lipinski definition) is 0. The van der Waals surface area contributed by atoms with Gasteiger partial charge in [0.05, 0.1) is 0 Å². The van der Waals surface area contributed by atoms with Gasteiger partial charge in [-0.15, -0.1) is 0 Å². The largest absolute Gasteiger partial charge is 0.482 e. The van der Waals surface area contributed by atoms with Crippen LogP contribution in [0, 0.1) is 0 Å². The number of aldehydes is 1. The lowest BCUT2D eigenvalue weighted by Gasteiger charge is -2.29. The molecule has 1 heterocycles. The summed E-state index contributed by atoms with van der Waals surface area (Å²) in [5, 5.41) is 0. The summed E-state index contributed by atoms with van der Waals surface area (Å²) in [7, 11) is 0. The third-order valence-corrected chi connectivity index (χ3v) is 4.14. The van der Waals surface area contributed by atoms with Crippen molar-refractivity contribution in [2.24, 2.45) is 0 Å². The summed E-state index contributed by atoms with van der Waals surface area (Å²) in [6.45, 7) is -0.00210.